The summed E-state index contributed by atoms with van der Waals surface area (Å²) in [6, 6.07) is 6.92. The van der Waals surface area contributed by atoms with Crippen LogP contribution >= 0.6 is 0 Å². The fourth-order valence-electron chi connectivity index (χ4n) is 1.39. The summed E-state index contributed by atoms with van der Waals surface area (Å²) in [6.45, 7) is 6.46. The summed E-state index contributed by atoms with van der Waals surface area (Å²) < 4.78 is 5.34. The van der Waals surface area contributed by atoms with Gasteiger partial charge in [-0.15, -0.1) is 0 Å². The van der Waals surface area contributed by atoms with Crippen molar-refractivity contribution in [3.05, 3.63) is 36.8 Å². The van der Waals surface area contributed by atoms with Gasteiger partial charge >= 0.3 is 5.97 Å². The van der Waals surface area contributed by atoms with Crippen molar-refractivity contribution in [3.63, 3.8) is 0 Å². The van der Waals surface area contributed by atoms with Crippen molar-refractivity contribution >= 4 is 5.97 Å². The third kappa shape index (κ3) is 4.75. The highest BCUT2D eigenvalue weighted by Gasteiger charge is 2.14. The summed E-state index contributed by atoms with van der Waals surface area (Å²) in [4.78, 5) is 21.3. The molecular weight excluding hydrogens is 232 g/mol. The highest BCUT2D eigenvalue weighted by Crippen LogP contribution is 2.18. The summed E-state index contributed by atoms with van der Waals surface area (Å²) in [5, 5.41) is 0. The first kappa shape index (κ1) is 14.5. The number of carbonyl (C=O) groups excluding carboxylic acids is 1. The van der Waals surface area contributed by atoms with Gasteiger partial charge in [0, 0.05) is 0 Å². The van der Waals surface area contributed by atoms with Crippen LogP contribution in [0.5, 0.6) is 5.75 Å². The van der Waals surface area contributed by atoms with Crippen LogP contribution in [0.2, 0.25) is 0 Å². The lowest BCUT2D eigenvalue weighted by Crippen LogP contribution is -2.09. The molecule has 1 aromatic carbocycles. The van der Waals surface area contributed by atoms with E-state index in [1.165, 1.54) is 0 Å². The normalized spacial score (nSPS) is 10.1. The zero-order chi connectivity index (χ0) is 13.2. The number of benzene rings is 1. The minimum Gasteiger partial charge on any atom is -0.493 e. The standard InChI is InChI=1S/C14H19O4/c1-3-5-8-11-17-18-14(15)12-9-6-7-10-13(12)16-4-2/h6-7,9-10H,1,3-5,8,11H2,2H3. The molecule has 0 saturated carbocycles. The molecule has 0 spiro atoms. The van der Waals surface area contributed by atoms with E-state index in [0.717, 1.165) is 19.3 Å². The number of carbonyl (C=O) groups is 1. The highest BCUT2D eigenvalue weighted by molar-refractivity contribution is 5.92. The molecule has 0 aromatic heterocycles. The SMILES string of the molecule is [CH2]CCCCOOC(=O)c1ccccc1OCC. The van der Waals surface area contributed by atoms with Crippen LogP contribution in [0.25, 0.3) is 0 Å². The smallest absolute Gasteiger partial charge is 0.376 e. The van der Waals surface area contributed by atoms with Crippen molar-refractivity contribution in [3.8, 4) is 5.75 Å². The van der Waals surface area contributed by atoms with E-state index in [4.69, 9.17) is 14.5 Å². The molecule has 0 heterocycles. The van der Waals surface area contributed by atoms with Crippen LogP contribution in [-0.4, -0.2) is 19.2 Å². The molecule has 1 radical (unpaired) electrons. The van der Waals surface area contributed by atoms with E-state index in [1.54, 1.807) is 24.3 Å². The van der Waals surface area contributed by atoms with E-state index in [1.807, 2.05) is 6.92 Å². The monoisotopic (exact) mass is 251 g/mol. The molecule has 0 fully saturated rings. The van der Waals surface area contributed by atoms with E-state index in [0.29, 0.717) is 24.5 Å². The molecule has 0 N–H and O–H groups in total. The van der Waals surface area contributed by atoms with Gasteiger partial charge in [0.1, 0.15) is 11.3 Å². The van der Waals surface area contributed by atoms with Gasteiger partial charge in [0.15, 0.2) is 0 Å². The maximum Gasteiger partial charge on any atom is 0.376 e. The van der Waals surface area contributed by atoms with Gasteiger partial charge in [-0.25, -0.2) is 4.79 Å². The van der Waals surface area contributed by atoms with Crippen molar-refractivity contribution in [2.24, 2.45) is 0 Å². The number of rotatable bonds is 8. The summed E-state index contributed by atoms with van der Waals surface area (Å²) in [7, 11) is 0. The fourth-order valence-corrected chi connectivity index (χ4v) is 1.39. The van der Waals surface area contributed by atoms with E-state index < -0.39 is 5.97 Å². The topological polar surface area (TPSA) is 44.8 Å². The minimum absolute atomic E-state index is 0.372. The predicted octanol–water partition coefficient (Wildman–Crippen LogP) is 3.18. The van der Waals surface area contributed by atoms with Gasteiger partial charge in [0.05, 0.1) is 13.2 Å². The predicted molar refractivity (Wildman–Crippen MR) is 68.2 cm³/mol. The Labute approximate surface area is 108 Å². The Morgan fingerprint density at radius 2 is 2.06 bits per heavy atom. The molecule has 0 aliphatic carbocycles. The van der Waals surface area contributed by atoms with Gasteiger partial charge < -0.3 is 4.74 Å². The fraction of sp³-hybridized carbons (Fsp3) is 0.429. The second kappa shape index (κ2) is 8.53. The Kier molecular flexibility index (Phi) is 6.87. The zero-order valence-electron chi connectivity index (χ0n) is 10.7. The third-order valence-corrected chi connectivity index (χ3v) is 2.27. The largest absolute Gasteiger partial charge is 0.493 e. The Balaban J connectivity index is 2.45. The van der Waals surface area contributed by atoms with E-state index in [9.17, 15) is 4.79 Å². The molecule has 0 saturated heterocycles. The number of para-hydroxylation sites is 1. The lowest BCUT2D eigenvalue weighted by Gasteiger charge is -2.08. The average molecular weight is 251 g/mol. The van der Waals surface area contributed by atoms with Gasteiger partial charge in [-0.1, -0.05) is 31.9 Å². The first-order chi connectivity index (χ1) is 8.79. The molecule has 1 aromatic rings. The summed E-state index contributed by atoms with van der Waals surface area (Å²) in [5.41, 5.74) is 0.372. The molecule has 99 valence electrons. The van der Waals surface area contributed by atoms with Crippen LogP contribution in [0.4, 0.5) is 0 Å². The van der Waals surface area contributed by atoms with Gasteiger partial charge in [-0.3, -0.25) is 4.89 Å². The Morgan fingerprint density at radius 3 is 2.78 bits per heavy atom. The molecule has 1 rings (SSSR count). The van der Waals surface area contributed by atoms with Crippen molar-refractivity contribution in [2.45, 2.75) is 26.2 Å². The first-order valence-electron chi connectivity index (χ1n) is 6.14. The molecule has 4 heteroatoms. The van der Waals surface area contributed by atoms with Crippen molar-refractivity contribution in [2.75, 3.05) is 13.2 Å². The van der Waals surface area contributed by atoms with E-state index >= 15 is 0 Å². The first-order valence-corrected chi connectivity index (χ1v) is 6.14. The summed E-state index contributed by atoms with van der Waals surface area (Å²) in [5.74, 6) is -0.0277. The molecular formula is C14H19O4. The van der Waals surface area contributed by atoms with Crippen LogP contribution in [0.1, 0.15) is 36.5 Å². The van der Waals surface area contributed by atoms with Crippen LogP contribution in [0.15, 0.2) is 24.3 Å². The number of hydrogen-bond donors (Lipinski definition) is 0. The number of ether oxygens (including phenoxy) is 1. The molecule has 0 atom stereocenters. The van der Waals surface area contributed by atoms with Crippen LogP contribution in [0.3, 0.4) is 0 Å². The van der Waals surface area contributed by atoms with Gasteiger partial charge in [-0.05, 0) is 25.5 Å². The zero-order valence-corrected chi connectivity index (χ0v) is 10.7. The Hall–Kier alpha value is -1.55. The molecule has 0 unspecified atom stereocenters. The molecule has 0 amide bonds. The maximum atomic E-state index is 11.7. The molecule has 18 heavy (non-hydrogen) atoms. The average Bonchev–Trinajstić information content (AvgIpc) is 2.39. The summed E-state index contributed by atoms with van der Waals surface area (Å²) in [6.07, 6.45) is 2.63. The minimum atomic E-state index is -0.534. The van der Waals surface area contributed by atoms with Gasteiger partial charge in [0.25, 0.3) is 0 Å². The lowest BCUT2D eigenvalue weighted by molar-refractivity contribution is -0.241. The number of hydrogen-bond acceptors (Lipinski definition) is 4. The molecule has 0 aliphatic heterocycles. The molecule has 0 aliphatic rings. The van der Waals surface area contributed by atoms with E-state index in [2.05, 4.69) is 6.92 Å². The van der Waals surface area contributed by atoms with Crippen LogP contribution < -0.4 is 4.74 Å². The Bertz CT molecular complexity index is 363. The quantitative estimate of drug-likeness (QED) is 0.404. The van der Waals surface area contributed by atoms with Crippen LogP contribution in [-0.2, 0) is 9.78 Å². The van der Waals surface area contributed by atoms with Gasteiger partial charge in [0.2, 0.25) is 0 Å². The number of unbranched alkanes of at least 4 members (excludes halogenated alkanes) is 2. The second-order valence-electron chi connectivity index (χ2n) is 3.68. The van der Waals surface area contributed by atoms with Crippen molar-refractivity contribution < 1.29 is 19.3 Å². The van der Waals surface area contributed by atoms with Crippen molar-refractivity contribution in [1.29, 1.82) is 0 Å². The Morgan fingerprint density at radius 1 is 1.28 bits per heavy atom. The van der Waals surface area contributed by atoms with Crippen LogP contribution in [0, 0.1) is 6.92 Å². The molecule has 0 bridgehead atoms. The second-order valence-corrected chi connectivity index (χ2v) is 3.68. The molecule has 4 nitrogen and oxygen atoms in total. The lowest BCUT2D eigenvalue weighted by atomic mass is 10.2. The van der Waals surface area contributed by atoms with Crippen molar-refractivity contribution in [1.82, 2.24) is 0 Å². The maximum absolute atomic E-state index is 11.7. The van der Waals surface area contributed by atoms with Gasteiger partial charge in [-0.2, -0.15) is 4.89 Å². The van der Waals surface area contributed by atoms with E-state index in [-0.39, 0.29) is 0 Å². The highest BCUT2D eigenvalue weighted by atomic mass is 17.2. The third-order valence-electron chi connectivity index (χ3n) is 2.27. The summed E-state index contributed by atoms with van der Waals surface area (Å²) >= 11 is 0.